The average molecular weight is 167 g/mol. The van der Waals surface area contributed by atoms with Crippen molar-refractivity contribution in [2.24, 2.45) is 0 Å². The molecule has 12 heavy (non-hydrogen) atoms. The lowest BCUT2D eigenvalue weighted by Crippen LogP contribution is -2.13. The van der Waals surface area contributed by atoms with E-state index in [-0.39, 0.29) is 6.04 Å². The molecule has 0 spiro atoms. The fourth-order valence-electron chi connectivity index (χ4n) is 1.55. The molecule has 2 heterocycles. The lowest BCUT2D eigenvalue weighted by molar-refractivity contribution is 0.350. The molecule has 1 atom stereocenters. The summed E-state index contributed by atoms with van der Waals surface area (Å²) >= 11 is 0. The second-order valence-corrected chi connectivity index (χ2v) is 3.19. The van der Waals surface area contributed by atoms with E-state index >= 15 is 0 Å². The third-order valence-corrected chi connectivity index (χ3v) is 2.31. The number of hydrogen-bond acceptors (Lipinski definition) is 4. The van der Waals surface area contributed by atoms with Gasteiger partial charge in [-0.15, -0.1) is 0 Å². The number of aryl methyl sites for hydroxylation is 1. The molecule has 0 saturated carbocycles. The number of nitrogens with one attached hydrogen (secondary N) is 1. The summed E-state index contributed by atoms with van der Waals surface area (Å²) in [6.45, 7) is 2.90. The smallest absolute Gasteiger partial charge is 0.176 e. The van der Waals surface area contributed by atoms with E-state index in [2.05, 4.69) is 10.5 Å². The zero-order valence-electron chi connectivity index (χ0n) is 7.13. The van der Waals surface area contributed by atoms with Crippen LogP contribution in [0.3, 0.4) is 0 Å². The normalized spacial score (nSPS) is 23.2. The maximum absolute atomic E-state index is 5.79. The Labute approximate surface area is 71.1 Å². The number of hydrogen-bond donors (Lipinski definition) is 2. The standard InChI is InChI=1S/C8H13N3O/c1-5-7(9)8(12-11-5)6-3-2-4-10-6/h6,10H,2-4,9H2,1H3. The van der Waals surface area contributed by atoms with Crippen LogP contribution in [-0.2, 0) is 0 Å². The Morgan fingerprint density at radius 2 is 2.50 bits per heavy atom. The van der Waals surface area contributed by atoms with E-state index in [9.17, 15) is 0 Å². The molecule has 1 unspecified atom stereocenters. The zero-order valence-corrected chi connectivity index (χ0v) is 7.13. The van der Waals surface area contributed by atoms with Crippen molar-refractivity contribution in [2.45, 2.75) is 25.8 Å². The van der Waals surface area contributed by atoms with Crippen molar-refractivity contribution in [3.63, 3.8) is 0 Å². The van der Waals surface area contributed by atoms with Crippen LogP contribution in [0.2, 0.25) is 0 Å². The Balaban J connectivity index is 2.26. The van der Waals surface area contributed by atoms with Gasteiger partial charge in [-0.3, -0.25) is 0 Å². The van der Waals surface area contributed by atoms with Crippen LogP contribution in [0, 0.1) is 6.92 Å². The first kappa shape index (κ1) is 7.61. The van der Waals surface area contributed by atoms with E-state index in [0.717, 1.165) is 24.4 Å². The van der Waals surface area contributed by atoms with Gasteiger partial charge in [0.15, 0.2) is 5.76 Å². The molecule has 1 fully saturated rings. The molecular weight excluding hydrogens is 154 g/mol. The van der Waals surface area contributed by atoms with Crippen molar-refractivity contribution >= 4 is 5.69 Å². The molecule has 0 aliphatic carbocycles. The Morgan fingerprint density at radius 1 is 1.67 bits per heavy atom. The number of anilines is 1. The largest absolute Gasteiger partial charge is 0.394 e. The minimum absolute atomic E-state index is 0.284. The van der Waals surface area contributed by atoms with Gasteiger partial charge in [0.05, 0.1) is 11.7 Å². The van der Waals surface area contributed by atoms with Crippen molar-refractivity contribution in [1.82, 2.24) is 10.5 Å². The van der Waals surface area contributed by atoms with E-state index in [1.54, 1.807) is 0 Å². The molecule has 0 aromatic carbocycles. The minimum Gasteiger partial charge on any atom is -0.394 e. The molecule has 1 aliphatic heterocycles. The van der Waals surface area contributed by atoms with Gasteiger partial charge in [0, 0.05) is 0 Å². The van der Waals surface area contributed by atoms with Crippen molar-refractivity contribution in [3.8, 4) is 0 Å². The molecule has 4 heteroatoms. The quantitative estimate of drug-likeness (QED) is 0.654. The van der Waals surface area contributed by atoms with Crippen LogP contribution in [0.25, 0.3) is 0 Å². The lowest BCUT2D eigenvalue weighted by Gasteiger charge is -2.05. The summed E-state index contributed by atoms with van der Waals surface area (Å²) in [7, 11) is 0. The van der Waals surface area contributed by atoms with Crippen molar-refractivity contribution in [1.29, 1.82) is 0 Å². The Bertz CT molecular complexity index is 276. The van der Waals surface area contributed by atoms with E-state index in [0.29, 0.717) is 5.69 Å². The Morgan fingerprint density at radius 3 is 3.00 bits per heavy atom. The summed E-state index contributed by atoms with van der Waals surface area (Å²) in [4.78, 5) is 0. The van der Waals surface area contributed by atoms with Crippen LogP contribution in [0.1, 0.15) is 30.3 Å². The number of aromatic nitrogens is 1. The monoisotopic (exact) mass is 167 g/mol. The number of nitrogens with two attached hydrogens (primary N) is 1. The molecular formula is C8H13N3O. The first-order valence-electron chi connectivity index (χ1n) is 4.24. The molecule has 1 saturated heterocycles. The molecule has 1 aromatic heterocycles. The zero-order chi connectivity index (χ0) is 8.55. The number of rotatable bonds is 1. The van der Waals surface area contributed by atoms with Gasteiger partial charge < -0.3 is 15.6 Å². The van der Waals surface area contributed by atoms with Crippen LogP contribution >= 0.6 is 0 Å². The highest BCUT2D eigenvalue weighted by atomic mass is 16.5. The van der Waals surface area contributed by atoms with Gasteiger partial charge in [0.2, 0.25) is 0 Å². The third kappa shape index (κ3) is 1.08. The van der Waals surface area contributed by atoms with Gasteiger partial charge in [0.1, 0.15) is 5.69 Å². The molecule has 4 nitrogen and oxygen atoms in total. The fraction of sp³-hybridized carbons (Fsp3) is 0.625. The first-order valence-corrected chi connectivity index (χ1v) is 4.24. The highest BCUT2D eigenvalue weighted by molar-refractivity contribution is 5.46. The highest BCUT2D eigenvalue weighted by Crippen LogP contribution is 2.28. The molecule has 3 N–H and O–H groups in total. The van der Waals surface area contributed by atoms with Crippen LogP contribution in [0.4, 0.5) is 5.69 Å². The fourth-order valence-corrected chi connectivity index (χ4v) is 1.55. The van der Waals surface area contributed by atoms with E-state index in [4.69, 9.17) is 10.3 Å². The van der Waals surface area contributed by atoms with E-state index in [1.807, 2.05) is 6.92 Å². The molecule has 0 radical (unpaired) electrons. The molecule has 0 amide bonds. The summed E-state index contributed by atoms with van der Waals surface area (Å²) in [5.74, 6) is 0.810. The molecule has 1 aromatic rings. The van der Waals surface area contributed by atoms with Gasteiger partial charge in [-0.1, -0.05) is 5.16 Å². The molecule has 0 bridgehead atoms. The second-order valence-electron chi connectivity index (χ2n) is 3.19. The summed E-state index contributed by atoms with van der Waals surface area (Å²) in [5, 5.41) is 7.13. The average Bonchev–Trinajstić information content (AvgIpc) is 2.64. The van der Waals surface area contributed by atoms with Crippen LogP contribution in [-0.4, -0.2) is 11.7 Å². The predicted molar refractivity (Wildman–Crippen MR) is 45.6 cm³/mol. The third-order valence-electron chi connectivity index (χ3n) is 2.31. The van der Waals surface area contributed by atoms with E-state index < -0.39 is 0 Å². The van der Waals surface area contributed by atoms with Crippen molar-refractivity contribution < 1.29 is 4.52 Å². The van der Waals surface area contributed by atoms with Gasteiger partial charge in [-0.2, -0.15) is 0 Å². The molecule has 2 rings (SSSR count). The number of nitrogen functional groups attached to an aromatic ring is 1. The van der Waals surface area contributed by atoms with Gasteiger partial charge in [-0.05, 0) is 26.3 Å². The predicted octanol–water partition coefficient (Wildman–Crippen LogP) is 0.990. The SMILES string of the molecule is Cc1noc(C2CCCN2)c1N. The van der Waals surface area contributed by atoms with Crippen LogP contribution < -0.4 is 11.1 Å². The highest BCUT2D eigenvalue weighted by Gasteiger charge is 2.23. The maximum atomic E-state index is 5.79. The summed E-state index contributed by atoms with van der Waals surface area (Å²) in [6.07, 6.45) is 2.28. The second kappa shape index (κ2) is 2.79. The molecule has 66 valence electrons. The maximum Gasteiger partial charge on any atom is 0.176 e. The van der Waals surface area contributed by atoms with Crippen LogP contribution in [0.15, 0.2) is 4.52 Å². The topological polar surface area (TPSA) is 64.1 Å². The first-order chi connectivity index (χ1) is 5.79. The Hall–Kier alpha value is -1.03. The minimum atomic E-state index is 0.284. The lowest BCUT2D eigenvalue weighted by atomic mass is 10.1. The van der Waals surface area contributed by atoms with Gasteiger partial charge in [0.25, 0.3) is 0 Å². The summed E-state index contributed by atoms with van der Waals surface area (Å²) in [6, 6.07) is 0.284. The molecule has 1 aliphatic rings. The Kier molecular flexibility index (Phi) is 1.77. The van der Waals surface area contributed by atoms with Crippen molar-refractivity contribution in [2.75, 3.05) is 12.3 Å². The van der Waals surface area contributed by atoms with Crippen molar-refractivity contribution in [3.05, 3.63) is 11.5 Å². The summed E-state index contributed by atoms with van der Waals surface area (Å²) < 4.78 is 5.14. The van der Waals surface area contributed by atoms with Crippen LogP contribution in [0.5, 0.6) is 0 Å². The summed E-state index contributed by atoms with van der Waals surface area (Å²) in [5.41, 5.74) is 7.28. The number of nitrogens with zero attached hydrogens (tertiary/aromatic N) is 1. The van der Waals surface area contributed by atoms with E-state index in [1.165, 1.54) is 6.42 Å². The van der Waals surface area contributed by atoms with Gasteiger partial charge >= 0.3 is 0 Å². The van der Waals surface area contributed by atoms with Gasteiger partial charge in [-0.25, -0.2) is 0 Å².